The number of hydrogen-bond donors (Lipinski definition) is 0. The molecule has 0 spiro atoms. The highest BCUT2D eigenvalue weighted by Gasteiger charge is 2.20. The van der Waals surface area contributed by atoms with E-state index in [0.717, 1.165) is 49.1 Å². The van der Waals surface area contributed by atoms with Crippen molar-refractivity contribution < 1.29 is 0 Å². The van der Waals surface area contributed by atoms with Crippen LogP contribution in [-0.2, 0) is 6.42 Å². The van der Waals surface area contributed by atoms with E-state index in [0.29, 0.717) is 0 Å². The highest BCUT2D eigenvalue weighted by atomic mass is 32.1. The second-order valence-corrected chi connectivity index (χ2v) is 6.70. The maximum Gasteiger partial charge on any atom is 0.186 e. The fourth-order valence-corrected chi connectivity index (χ4v) is 3.97. The zero-order valence-corrected chi connectivity index (χ0v) is 14.0. The van der Waals surface area contributed by atoms with Crippen LogP contribution >= 0.6 is 11.3 Å². The van der Waals surface area contributed by atoms with Crippen LogP contribution in [0.4, 0.5) is 10.9 Å². The molecule has 4 rings (SSSR count). The van der Waals surface area contributed by atoms with Crippen molar-refractivity contribution in [3.8, 4) is 0 Å². The van der Waals surface area contributed by atoms with E-state index in [-0.39, 0.29) is 0 Å². The fourth-order valence-electron chi connectivity index (χ4n) is 2.89. The molecule has 0 N–H and O–H groups in total. The summed E-state index contributed by atoms with van der Waals surface area (Å²) in [7, 11) is 0. The van der Waals surface area contributed by atoms with Gasteiger partial charge in [-0.25, -0.2) is 9.97 Å². The maximum atomic E-state index is 4.81. The van der Waals surface area contributed by atoms with Crippen molar-refractivity contribution in [2.24, 2.45) is 0 Å². The van der Waals surface area contributed by atoms with Crippen molar-refractivity contribution in [2.75, 3.05) is 36.0 Å². The van der Waals surface area contributed by atoms with Gasteiger partial charge in [0.15, 0.2) is 5.13 Å². The van der Waals surface area contributed by atoms with E-state index in [2.05, 4.69) is 44.9 Å². The van der Waals surface area contributed by atoms with Gasteiger partial charge in [-0.15, -0.1) is 0 Å². The highest BCUT2D eigenvalue weighted by Crippen LogP contribution is 2.30. The van der Waals surface area contributed by atoms with E-state index in [1.165, 1.54) is 10.3 Å². The number of nitrogens with zero attached hydrogens (tertiary/aromatic N) is 5. The average molecular weight is 325 g/mol. The van der Waals surface area contributed by atoms with Gasteiger partial charge in [-0.2, -0.15) is 0 Å². The Morgan fingerprint density at radius 3 is 2.65 bits per heavy atom. The van der Waals surface area contributed by atoms with Crippen molar-refractivity contribution in [3.63, 3.8) is 0 Å². The molecule has 0 saturated carbocycles. The molecule has 1 saturated heterocycles. The van der Waals surface area contributed by atoms with Gasteiger partial charge in [-0.3, -0.25) is 4.98 Å². The number of piperazine rings is 1. The quantitative estimate of drug-likeness (QED) is 0.741. The topological polar surface area (TPSA) is 45.2 Å². The predicted octanol–water partition coefficient (Wildman–Crippen LogP) is 2.98. The van der Waals surface area contributed by atoms with Crippen LogP contribution in [0.3, 0.4) is 0 Å². The third kappa shape index (κ3) is 2.86. The summed E-state index contributed by atoms with van der Waals surface area (Å²) in [5.74, 6) is 0.962. The first-order valence-corrected chi connectivity index (χ1v) is 8.80. The number of rotatable bonds is 3. The molecule has 1 fully saturated rings. The summed E-state index contributed by atoms with van der Waals surface area (Å²) < 4.78 is 1.29. The summed E-state index contributed by atoms with van der Waals surface area (Å²) >= 11 is 1.80. The molecule has 118 valence electrons. The Labute approximate surface area is 139 Å². The van der Waals surface area contributed by atoms with Crippen molar-refractivity contribution in [2.45, 2.75) is 13.3 Å². The molecule has 5 nitrogen and oxygen atoms in total. The maximum absolute atomic E-state index is 4.81. The molecule has 0 amide bonds. The summed E-state index contributed by atoms with van der Waals surface area (Å²) in [6.45, 7) is 6.03. The van der Waals surface area contributed by atoms with Gasteiger partial charge in [0.05, 0.1) is 16.4 Å². The summed E-state index contributed by atoms with van der Waals surface area (Å²) in [6.07, 6.45) is 6.37. The van der Waals surface area contributed by atoms with Gasteiger partial charge in [-0.05, 0) is 24.1 Å². The molecule has 3 heterocycles. The SMILES string of the molecule is CCc1ccc2nc(N3CCN(c4cnccn4)CC3)sc2c1. The van der Waals surface area contributed by atoms with E-state index >= 15 is 0 Å². The lowest BCUT2D eigenvalue weighted by Crippen LogP contribution is -2.46. The van der Waals surface area contributed by atoms with Gasteiger partial charge in [0.1, 0.15) is 5.82 Å². The Morgan fingerprint density at radius 1 is 1.09 bits per heavy atom. The van der Waals surface area contributed by atoms with Crippen LogP contribution in [0.25, 0.3) is 10.2 Å². The molecule has 3 aromatic rings. The second-order valence-electron chi connectivity index (χ2n) is 5.69. The lowest BCUT2D eigenvalue weighted by molar-refractivity contribution is 0.645. The third-order valence-electron chi connectivity index (χ3n) is 4.27. The van der Waals surface area contributed by atoms with Gasteiger partial charge < -0.3 is 9.80 Å². The van der Waals surface area contributed by atoms with Crippen molar-refractivity contribution in [1.29, 1.82) is 0 Å². The van der Waals surface area contributed by atoms with Crippen molar-refractivity contribution >= 4 is 32.5 Å². The normalized spacial score (nSPS) is 15.3. The van der Waals surface area contributed by atoms with E-state index in [4.69, 9.17) is 4.98 Å². The van der Waals surface area contributed by atoms with Crippen LogP contribution in [-0.4, -0.2) is 41.1 Å². The van der Waals surface area contributed by atoms with Gasteiger partial charge in [-0.1, -0.05) is 24.3 Å². The van der Waals surface area contributed by atoms with Crippen LogP contribution in [0.5, 0.6) is 0 Å². The number of aromatic nitrogens is 3. The second kappa shape index (κ2) is 6.12. The molecular formula is C17H19N5S. The van der Waals surface area contributed by atoms with E-state index < -0.39 is 0 Å². The first-order chi connectivity index (χ1) is 11.3. The molecule has 0 aliphatic carbocycles. The standard InChI is InChI=1S/C17H19N5S/c1-2-13-3-4-14-15(11-13)23-17(20-14)22-9-7-21(8-10-22)16-12-18-5-6-19-16/h3-6,11-12H,2,7-10H2,1H3. The Kier molecular flexibility index (Phi) is 3.83. The Morgan fingerprint density at radius 2 is 1.91 bits per heavy atom. The summed E-state index contributed by atoms with van der Waals surface area (Å²) in [4.78, 5) is 18.0. The number of fused-ring (bicyclic) bond motifs is 1. The Bertz CT molecular complexity index is 793. The Balaban J connectivity index is 1.50. The largest absolute Gasteiger partial charge is 0.352 e. The molecule has 23 heavy (non-hydrogen) atoms. The smallest absolute Gasteiger partial charge is 0.186 e. The number of thiazole rings is 1. The van der Waals surface area contributed by atoms with E-state index in [1.54, 1.807) is 23.7 Å². The first-order valence-electron chi connectivity index (χ1n) is 7.99. The monoisotopic (exact) mass is 325 g/mol. The van der Waals surface area contributed by atoms with Crippen LogP contribution < -0.4 is 9.80 Å². The molecule has 1 aliphatic rings. The van der Waals surface area contributed by atoms with Gasteiger partial charge >= 0.3 is 0 Å². The highest BCUT2D eigenvalue weighted by molar-refractivity contribution is 7.22. The minimum Gasteiger partial charge on any atom is -0.352 e. The van der Waals surface area contributed by atoms with Gasteiger partial charge in [0, 0.05) is 38.6 Å². The average Bonchev–Trinajstić information content (AvgIpc) is 3.05. The summed E-state index contributed by atoms with van der Waals surface area (Å²) in [5, 5.41) is 1.13. The number of benzene rings is 1. The van der Waals surface area contributed by atoms with Gasteiger partial charge in [0.2, 0.25) is 0 Å². The van der Waals surface area contributed by atoms with Crippen molar-refractivity contribution in [1.82, 2.24) is 15.0 Å². The number of aryl methyl sites for hydroxylation is 1. The molecule has 0 radical (unpaired) electrons. The molecule has 6 heteroatoms. The zero-order chi connectivity index (χ0) is 15.6. The summed E-state index contributed by atoms with van der Waals surface area (Å²) in [5.41, 5.74) is 2.48. The fraction of sp³-hybridized carbons (Fsp3) is 0.353. The molecule has 0 bridgehead atoms. The molecule has 1 aromatic carbocycles. The molecule has 2 aromatic heterocycles. The van der Waals surface area contributed by atoms with E-state index in [9.17, 15) is 0 Å². The summed E-state index contributed by atoms with van der Waals surface area (Å²) in [6, 6.07) is 6.59. The van der Waals surface area contributed by atoms with Gasteiger partial charge in [0.25, 0.3) is 0 Å². The molecule has 1 aliphatic heterocycles. The lowest BCUT2D eigenvalue weighted by atomic mass is 10.2. The van der Waals surface area contributed by atoms with Crippen LogP contribution in [0.15, 0.2) is 36.8 Å². The van der Waals surface area contributed by atoms with Crippen LogP contribution in [0, 0.1) is 0 Å². The van der Waals surface area contributed by atoms with Crippen LogP contribution in [0.1, 0.15) is 12.5 Å². The molecular weight excluding hydrogens is 306 g/mol. The van der Waals surface area contributed by atoms with Crippen LogP contribution in [0.2, 0.25) is 0 Å². The lowest BCUT2D eigenvalue weighted by Gasteiger charge is -2.34. The number of hydrogen-bond acceptors (Lipinski definition) is 6. The predicted molar refractivity (Wildman–Crippen MR) is 95.5 cm³/mol. The first kappa shape index (κ1) is 14.4. The third-order valence-corrected chi connectivity index (χ3v) is 5.35. The molecule has 0 unspecified atom stereocenters. The zero-order valence-electron chi connectivity index (χ0n) is 13.1. The molecule has 0 atom stereocenters. The minimum absolute atomic E-state index is 0.953. The Hall–Kier alpha value is -2.21. The van der Waals surface area contributed by atoms with Crippen molar-refractivity contribution in [3.05, 3.63) is 42.4 Å². The van der Waals surface area contributed by atoms with E-state index in [1.807, 2.05) is 6.20 Å². The number of anilines is 2. The minimum atomic E-state index is 0.953.